The molecule has 0 atom stereocenters. The van der Waals surface area contributed by atoms with E-state index in [2.05, 4.69) is 10.2 Å². The smallest absolute Gasteiger partial charge is 0.333 e. The maximum absolute atomic E-state index is 12.6. The number of rotatable bonds is 4. The van der Waals surface area contributed by atoms with Gasteiger partial charge in [0.1, 0.15) is 0 Å². The molecule has 1 saturated heterocycles. The van der Waals surface area contributed by atoms with Crippen LogP contribution in [-0.2, 0) is 28.9 Å². The van der Waals surface area contributed by atoms with E-state index >= 15 is 0 Å². The average Bonchev–Trinajstić information content (AvgIpc) is 2.72. The van der Waals surface area contributed by atoms with E-state index in [1.54, 1.807) is 0 Å². The van der Waals surface area contributed by atoms with Crippen LogP contribution < -0.4 is 11.2 Å². The molecule has 11 nitrogen and oxygen atoms in total. The summed E-state index contributed by atoms with van der Waals surface area (Å²) in [6.45, 7) is 1.28. The molecule has 12 heteroatoms. The third kappa shape index (κ3) is 3.61. The summed E-state index contributed by atoms with van der Waals surface area (Å²) < 4.78 is 33.3. The first kappa shape index (κ1) is 19.9. The van der Waals surface area contributed by atoms with Crippen molar-refractivity contribution in [2.45, 2.75) is 4.90 Å². The van der Waals surface area contributed by atoms with Crippen molar-refractivity contribution in [2.24, 2.45) is 24.3 Å². The topological polar surface area (TPSA) is 136 Å². The number of azo groups is 1. The number of morpholine rings is 1. The molecule has 1 aromatic carbocycles. The fourth-order valence-electron chi connectivity index (χ4n) is 2.63. The number of ether oxygens (including phenoxy) is 1. The van der Waals surface area contributed by atoms with Crippen LogP contribution in [0.25, 0.3) is 0 Å². The van der Waals surface area contributed by atoms with Gasteiger partial charge in [-0.3, -0.25) is 13.9 Å². The minimum absolute atomic E-state index is 0.106. The first-order valence-electron chi connectivity index (χ1n) is 8.32. The van der Waals surface area contributed by atoms with Crippen LogP contribution in [0, 0.1) is 0 Å². The highest BCUT2D eigenvalue weighted by atomic mass is 32.2. The zero-order valence-electron chi connectivity index (χ0n) is 15.3. The van der Waals surface area contributed by atoms with E-state index in [1.165, 1.54) is 42.7 Å². The van der Waals surface area contributed by atoms with Crippen LogP contribution in [0.5, 0.6) is 5.88 Å². The Bertz CT molecular complexity index is 1130. The minimum atomic E-state index is -3.63. The molecular formula is C16H19N5O6S. The molecular weight excluding hydrogens is 390 g/mol. The van der Waals surface area contributed by atoms with Crippen LogP contribution >= 0.6 is 0 Å². The maximum Gasteiger partial charge on any atom is 0.333 e. The van der Waals surface area contributed by atoms with Gasteiger partial charge in [0, 0.05) is 27.2 Å². The van der Waals surface area contributed by atoms with Crippen molar-refractivity contribution >= 4 is 21.4 Å². The van der Waals surface area contributed by atoms with Crippen LogP contribution in [0.4, 0.5) is 11.4 Å². The van der Waals surface area contributed by atoms with Crippen molar-refractivity contribution < 1.29 is 18.3 Å². The van der Waals surface area contributed by atoms with E-state index in [0.717, 1.165) is 9.13 Å². The lowest BCUT2D eigenvalue weighted by Gasteiger charge is -2.25. The van der Waals surface area contributed by atoms with Gasteiger partial charge in [0.2, 0.25) is 21.6 Å². The number of aromatic nitrogens is 2. The first-order chi connectivity index (χ1) is 13.2. The fraction of sp³-hybridized carbons (Fsp3) is 0.375. The molecule has 28 heavy (non-hydrogen) atoms. The third-order valence-corrected chi connectivity index (χ3v) is 6.23. The maximum atomic E-state index is 12.6. The van der Waals surface area contributed by atoms with Crippen LogP contribution in [0.2, 0.25) is 0 Å². The van der Waals surface area contributed by atoms with E-state index in [-0.39, 0.29) is 10.6 Å². The number of sulfonamides is 1. The van der Waals surface area contributed by atoms with Gasteiger partial charge < -0.3 is 9.84 Å². The summed E-state index contributed by atoms with van der Waals surface area (Å²) in [6.07, 6.45) is 0. The highest BCUT2D eigenvalue weighted by Gasteiger charge is 2.26. The van der Waals surface area contributed by atoms with Crippen molar-refractivity contribution in [3.8, 4) is 5.88 Å². The molecule has 0 radical (unpaired) electrons. The molecule has 0 unspecified atom stereocenters. The Hall–Kier alpha value is -2.83. The van der Waals surface area contributed by atoms with Crippen molar-refractivity contribution in [3.63, 3.8) is 0 Å². The van der Waals surface area contributed by atoms with E-state index in [9.17, 15) is 23.1 Å². The lowest BCUT2D eigenvalue weighted by atomic mass is 10.3. The minimum Gasteiger partial charge on any atom is -0.493 e. The first-order valence-corrected chi connectivity index (χ1v) is 9.76. The summed E-state index contributed by atoms with van der Waals surface area (Å²) in [7, 11) is -1.07. The zero-order chi connectivity index (χ0) is 20.5. The largest absolute Gasteiger partial charge is 0.493 e. The Labute approximate surface area is 160 Å². The van der Waals surface area contributed by atoms with E-state index in [1.807, 2.05) is 0 Å². The number of hydrogen-bond acceptors (Lipinski definition) is 8. The molecule has 2 aromatic rings. The van der Waals surface area contributed by atoms with Gasteiger partial charge in [-0.1, -0.05) is 0 Å². The van der Waals surface area contributed by atoms with Crippen LogP contribution in [0.15, 0.2) is 49.0 Å². The second kappa shape index (κ2) is 7.66. The summed E-state index contributed by atoms with van der Waals surface area (Å²) in [5.41, 5.74) is -1.61. The van der Waals surface area contributed by atoms with Gasteiger partial charge in [-0.05, 0) is 24.3 Å². The molecule has 0 spiro atoms. The Morgan fingerprint density at radius 2 is 1.61 bits per heavy atom. The van der Waals surface area contributed by atoms with Crippen molar-refractivity contribution in [1.29, 1.82) is 0 Å². The SMILES string of the molecule is Cn1c(O)c(N=Nc2ccc(S(=O)(=O)N3CCOCC3)cc2)c(=O)n(C)c1=O. The van der Waals surface area contributed by atoms with Crippen LogP contribution in [-0.4, -0.2) is 53.3 Å². The Balaban J connectivity index is 1.88. The molecule has 1 aliphatic rings. The standard InChI is InChI=1S/C16H19N5O6S/c1-19-14(22)13(15(23)20(2)16(19)24)18-17-11-3-5-12(6-4-11)28(25,26)21-7-9-27-10-8-21/h3-6,22H,7-10H2,1-2H3. The summed E-state index contributed by atoms with van der Waals surface area (Å²) >= 11 is 0. The molecule has 150 valence electrons. The average molecular weight is 409 g/mol. The van der Waals surface area contributed by atoms with Gasteiger partial charge >= 0.3 is 5.69 Å². The fourth-order valence-corrected chi connectivity index (χ4v) is 4.04. The van der Waals surface area contributed by atoms with Crippen LogP contribution in [0.1, 0.15) is 0 Å². The van der Waals surface area contributed by atoms with Gasteiger partial charge in [-0.25, -0.2) is 13.2 Å². The summed E-state index contributed by atoms with van der Waals surface area (Å²) in [5.74, 6) is -0.608. The lowest BCUT2D eigenvalue weighted by molar-refractivity contribution is 0.0730. The zero-order valence-corrected chi connectivity index (χ0v) is 16.1. The van der Waals surface area contributed by atoms with E-state index in [0.29, 0.717) is 26.3 Å². The molecule has 0 bridgehead atoms. The van der Waals surface area contributed by atoms with Crippen molar-refractivity contribution in [1.82, 2.24) is 13.4 Å². The van der Waals surface area contributed by atoms with E-state index in [4.69, 9.17) is 4.74 Å². The second-order valence-corrected chi connectivity index (χ2v) is 8.03. The monoisotopic (exact) mass is 409 g/mol. The van der Waals surface area contributed by atoms with Crippen molar-refractivity contribution in [3.05, 3.63) is 45.1 Å². The highest BCUT2D eigenvalue weighted by Crippen LogP contribution is 2.24. The van der Waals surface area contributed by atoms with E-state index < -0.39 is 32.8 Å². The molecule has 1 aliphatic heterocycles. The quantitative estimate of drug-likeness (QED) is 0.718. The molecule has 1 aromatic heterocycles. The Morgan fingerprint density at radius 1 is 1.00 bits per heavy atom. The van der Waals surface area contributed by atoms with Gasteiger partial charge in [0.05, 0.1) is 23.8 Å². The Kier molecular flexibility index (Phi) is 5.45. The molecule has 1 fully saturated rings. The van der Waals surface area contributed by atoms with Crippen LogP contribution in [0.3, 0.4) is 0 Å². The predicted octanol–water partition coefficient (Wildman–Crippen LogP) is 0.226. The summed E-state index contributed by atoms with van der Waals surface area (Å²) in [6, 6.07) is 5.64. The van der Waals surface area contributed by atoms with Gasteiger partial charge in [-0.15, -0.1) is 5.11 Å². The van der Waals surface area contributed by atoms with Gasteiger partial charge in [0.25, 0.3) is 5.56 Å². The molecule has 1 N–H and O–H groups in total. The lowest BCUT2D eigenvalue weighted by Crippen LogP contribution is -2.40. The molecule has 0 amide bonds. The summed E-state index contributed by atoms with van der Waals surface area (Å²) in [5, 5.41) is 17.5. The highest BCUT2D eigenvalue weighted by molar-refractivity contribution is 7.89. The third-order valence-electron chi connectivity index (χ3n) is 4.32. The number of benzene rings is 1. The number of nitrogens with zero attached hydrogens (tertiary/aromatic N) is 5. The number of aromatic hydroxyl groups is 1. The molecule has 0 saturated carbocycles. The molecule has 3 rings (SSSR count). The van der Waals surface area contributed by atoms with Crippen molar-refractivity contribution in [2.75, 3.05) is 26.3 Å². The second-order valence-electron chi connectivity index (χ2n) is 6.09. The number of hydrogen-bond donors (Lipinski definition) is 1. The molecule has 2 heterocycles. The molecule has 0 aliphatic carbocycles. The van der Waals surface area contributed by atoms with Gasteiger partial charge in [0.15, 0.2) is 0 Å². The van der Waals surface area contributed by atoms with Gasteiger partial charge in [-0.2, -0.15) is 9.42 Å². The normalized spacial score (nSPS) is 15.9. The summed E-state index contributed by atoms with van der Waals surface area (Å²) in [4.78, 5) is 23.9. The predicted molar refractivity (Wildman–Crippen MR) is 98.8 cm³/mol. The Morgan fingerprint density at radius 3 is 2.21 bits per heavy atom.